The number of ether oxygens (including phenoxy) is 3. The number of allylic oxidation sites excluding steroid dienone is 1. The van der Waals surface area contributed by atoms with Crippen molar-refractivity contribution in [1.82, 2.24) is 4.90 Å². The third kappa shape index (κ3) is 4.45. The summed E-state index contributed by atoms with van der Waals surface area (Å²) in [6, 6.07) is 14.5. The van der Waals surface area contributed by atoms with E-state index in [1.54, 1.807) is 38.2 Å². The van der Waals surface area contributed by atoms with Crippen molar-refractivity contribution in [3.8, 4) is 5.75 Å². The number of benzene rings is 2. The molecule has 2 atom stereocenters. The molecule has 3 rings (SSSR count). The highest BCUT2D eigenvalue weighted by Gasteiger charge is 2.46. The number of nitrogens with zero attached hydrogens (tertiary/aromatic N) is 1. The number of carbonyl (C=O) groups excluding carboxylic acids is 2. The molecule has 0 spiro atoms. The molecule has 0 saturated carbocycles. The molecule has 1 heterocycles. The number of esters is 1. The zero-order valence-corrected chi connectivity index (χ0v) is 18.8. The first-order valence-corrected chi connectivity index (χ1v) is 10.3. The molecular weight excluding hydrogens is 418 g/mol. The van der Waals surface area contributed by atoms with Crippen LogP contribution in [0.5, 0.6) is 5.75 Å². The van der Waals surface area contributed by atoms with Gasteiger partial charge in [0.25, 0.3) is 0 Å². The summed E-state index contributed by atoms with van der Waals surface area (Å²) >= 11 is 6.10. The first kappa shape index (κ1) is 22.8. The Balaban J connectivity index is 2.29. The van der Waals surface area contributed by atoms with Gasteiger partial charge in [0.15, 0.2) is 0 Å². The molecule has 7 heteroatoms. The number of rotatable bonds is 7. The molecule has 0 bridgehead atoms. The lowest BCUT2D eigenvalue weighted by Gasteiger charge is -2.40. The summed E-state index contributed by atoms with van der Waals surface area (Å²) in [5.74, 6) is -1.28. The van der Waals surface area contributed by atoms with Gasteiger partial charge in [-0.15, -0.1) is 0 Å². The summed E-state index contributed by atoms with van der Waals surface area (Å²) in [5.41, 5.74) is 2.47. The second-order valence-corrected chi connectivity index (χ2v) is 7.66. The van der Waals surface area contributed by atoms with Crippen molar-refractivity contribution in [3.05, 3.63) is 76.0 Å². The van der Waals surface area contributed by atoms with Crippen molar-refractivity contribution in [2.75, 3.05) is 34.5 Å². The zero-order valence-electron chi connectivity index (χ0n) is 18.1. The van der Waals surface area contributed by atoms with Gasteiger partial charge in [0.05, 0.1) is 32.3 Å². The molecule has 0 aromatic heterocycles. The highest BCUT2D eigenvalue weighted by atomic mass is 35.5. The average molecular weight is 444 g/mol. The largest absolute Gasteiger partial charge is 0.496 e. The van der Waals surface area contributed by atoms with Crippen LogP contribution in [0, 0.1) is 0 Å². The third-order valence-electron chi connectivity index (χ3n) is 5.60. The van der Waals surface area contributed by atoms with Crippen molar-refractivity contribution in [3.63, 3.8) is 0 Å². The van der Waals surface area contributed by atoms with Gasteiger partial charge in [-0.3, -0.25) is 4.79 Å². The Morgan fingerprint density at radius 1 is 1.03 bits per heavy atom. The van der Waals surface area contributed by atoms with Gasteiger partial charge < -0.3 is 19.1 Å². The fourth-order valence-electron chi connectivity index (χ4n) is 4.12. The molecule has 164 valence electrons. The topological polar surface area (TPSA) is 65.1 Å². The predicted molar refractivity (Wildman–Crippen MR) is 118 cm³/mol. The molecular formula is C24H26ClNO5. The minimum atomic E-state index is -0.688. The molecule has 1 aliphatic rings. The number of hydrogen-bond donors (Lipinski definition) is 0. The monoisotopic (exact) mass is 443 g/mol. The number of amides is 1. The van der Waals surface area contributed by atoms with Gasteiger partial charge in [0.1, 0.15) is 5.75 Å². The second kappa shape index (κ2) is 9.98. The molecule has 0 radical (unpaired) electrons. The Morgan fingerprint density at radius 3 is 2.32 bits per heavy atom. The maximum Gasteiger partial charge on any atom is 0.336 e. The zero-order chi connectivity index (χ0) is 22.5. The molecule has 6 nitrogen and oxygen atoms in total. The number of methoxy groups -OCH3 is 3. The molecule has 2 aromatic rings. The minimum absolute atomic E-state index is 0.133. The van der Waals surface area contributed by atoms with Gasteiger partial charge in [0.2, 0.25) is 5.91 Å². The standard InChI is InChI=1S/C24H26ClNO5/c1-15-20(24(28)31-4)21(16-9-11-17(25)12-10-16)22(23(27)26(15)13-14-29-2)18-7-5-6-8-19(18)30-3/h5-12,21-22H,13-14H2,1-4H3. The molecule has 0 N–H and O–H groups in total. The van der Waals surface area contributed by atoms with E-state index in [-0.39, 0.29) is 5.91 Å². The summed E-state index contributed by atoms with van der Waals surface area (Å²) in [4.78, 5) is 28.4. The third-order valence-corrected chi connectivity index (χ3v) is 5.85. The van der Waals surface area contributed by atoms with Gasteiger partial charge in [-0.2, -0.15) is 0 Å². The van der Waals surface area contributed by atoms with E-state index >= 15 is 0 Å². The molecule has 31 heavy (non-hydrogen) atoms. The summed E-state index contributed by atoms with van der Waals surface area (Å²) in [6.45, 7) is 2.42. The number of hydrogen-bond acceptors (Lipinski definition) is 5. The van der Waals surface area contributed by atoms with Crippen LogP contribution in [-0.4, -0.2) is 51.3 Å². The van der Waals surface area contributed by atoms with Crippen molar-refractivity contribution >= 4 is 23.5 Å². The van der Waals surface area contributed by atoms with Crippen LogP contribution in [0.15, 0.2) is 59.8 Å². The van der Waals surface area contributed by atoms with E-state index in [0.717, 1.165) is 5.56 Å². The van der Waals surface area contributed by atoms with E-state index in [9.17, 15) is 9.59 Å². The molecule has 0 saturated heterocycles. The lowest BCUT2D eigenvalue weighted by molar-refractivity contribution is -0.138. The fourth-order valence-corrected chi connectivity index (χ4v) is 4.25. The molecule has 1 aliphatic heterocycles. The van der Waals surface area contributed by atoms with E-state index < -0.39 is 17.8 Å². The maximum atomic E-state index is 13.8. The van der Waals surface area contributed by atoms with Crippen LogP contribution in [0.1, 0.15) is 29.9 Å². The SMILES string of the molecule is COCCN1C(=O)C(c2ccccc2OC)C(c2ccc(Cl)cc2)C(C(=O)OC)=C1C. The van der Waals surface area contributed by atoms with Crippen LogP contribution in [0.3, 0.4) is 0 Å². The Kier molecular flexibility index (Phi) is 7.36. The summed E-state index contributed by atoms with van der Waals surface area (Å²) in [6.07, 6.45) is 0. The van der Waals surface area contributed by atoms with E-state index in [4.69, 9.17) is 25.8 Å². The van der Waals surface area contributed by atoms with Crippen LogP contribution in [0.2, 0.25) is 5.02 Å². The molecule has 0 aliphatic carbocycles. The van der Waals surface area contributed by atoms with Gasteiger partial charge in [0, 0.05) is 35.9 Å². The highest BCUT2D eigenvalue weighted by molar-refractivity contribution is 6.30. The Hall–Kier alpha value is -2.83. The van der Waals surface area contributed by atoms with Crippen molar-refractivity contribution in [2.45, 2.75) is 18.8 Å². The van der Waals surface area contributed by atoms with Crippen LogP contribution in [0.25, 0.3) is 0 Å². The van der Waals surface area contributed by atoms with E-state index in [0.29, 0.717) is 40.8 Å². The summed E-state index contributed by atoms with van der Waals surface area (Å²) in [5, 5.41) is 0.571. The normalized spacial score (nSPS) is 18.9. The average Bonchev–Trinajstić information content (AvgIpc) is 2.79. The first-order valence-electron chi connectivity index (χ1n) is 9.92. The summed E-state index contributed by atoms with van der Waals surface area (Å²) in [7, 11) is 4.48. The molecule has 2 unspecified atom stereocenters. The van der Waals surface area contributed by atoms with Crippen molar-refractivity contribution in [1.29, 1.82) is 0 Å². The van der Waals surface area contributed by atoms with Crippen LogP contribution < -0.4 is 4.74 Å². The predicted octanol–water partition coefficient (Wildman–Crippen LogP) is 4.15. The maximum absolute atomic E-state index is 13.8. The van der Waals surface area contributed by atoms with Gasteiger partial charge in [-0.05, 0) is 30.7 Å². The first-order chi connectivity index (χ1) is 14.9. The lowest BCUT2D eigenvalue weighted by atomic mass is 9.72. The Labute approximate surface area is 187 Å². The summed E-state index contributed by atoms with van der Waals surface area (Å²) < 4.78 is 15.9. The quantitative estimate of drug-likeness (QED) is 0.601. The molecule has 2 aromatic carbocycles. The lowest BCUT2D eigenvalue weighted by Crippen LogP contribution is -2.45. The molecule has 1 amide bonds. The number of halogens is 1. The smallest absolute Gasteiger partial charge is 0.336 e. The highest BCUT2D eigenvalue weighted by Crippen LogP contribution is 2.48. The van der Waals surface area contributed by atoms with Crippen molar-refractivity contribution in [2.24, 2.45) is 0 Å². The fraction of sp³-hybridized carbons (Fsp3) is 0.333. The van der Waals surface area contributed by atoms with Crippen LogP contribution in [-0.2, 0) is 19.1 Å². The van der Waals surface area contributed by atoms with E-state index in [1.807, 2.05) is 36.4 Å². The number of carbonyl (C=O) groups is 2. The van der Waals surface area contributed by atoms with E-state index in [1.165, 1.54) is 7.11 Å². The minimum Gasteiger partial charge on any atom is -0.496 e. The van der Waals surface area contributed by atoms with Gasteiger partial charge >= 0.3 is 5.97 Å². The van der Waals surface area contributed by atoms with Crippen LogP contribution >= 0.6 is 11.6 Å². The Morgan fingerprint density at radius 2 is 1.71 bits per heavy atom. The number of para-hydroxylation sites is 1. The van der Waals surface area contributed by atoms with Gasteiger partial charge in [-0.1, -0.05) is 41.9 Å². The second-order valence-electron chi connectivity index (χ2n) is 7.22. The molecule has 0 fully saturated rings. The van der Waals surface area contributed by atoms with E-state index in [2.05, 4.69) is 0 Å². The van der Waals surface area contributed by atoms with Crippen molar-refractivity contribution < 1.29 is 23.8 Å². The van der Waals surface area contributed by atoms with Crippen LogP contribution in [0.4, 0.5) is 0 Å². The Bertz CT molecular complexity index is 986. The van der Waals surface area contributed by atoms with Gasteiger partial charge in [-0.25, -0.2) is 4.79 Å².